The Bertz CT molecular complexity index is 260. The van der Waals surface area contributed by atoms with E-state index in [1.807, 2.05) is 11.9 Å². The smallest absolute Gasteiger partial charge is 0.240 e. The van der Waals surface area contributed by atoms with Crippen molar-refractivity contribution < 1.29 is 9.90 Å². The van der Waals surface area contributed by atoms with Gasteiger partial charge in [-0.15, -0.1) is 0 Å². The summed E-state index contributed by atoms with van der Waals surface area (Å²) in [7, 11) is 1.96. The van der Waals surface area contributed by atoms with E-state index in [2.05, 4.69) is 32.6 Å². The van der Waals surface area contributed by atoms with Gasteiger partial charge in [0, 0.05) is 24.7 Å². The summed E-state index contributed by atoms with van der Waals surface area (Å²) in [6.45, 7) is 9.11. The van der Waals surface area contributed by atoms with Gasteiger partial charge in [-0.25, -0.2) is 0 Å². The molecular weight excluding hydrogens is 204 g/mol. The first kappa shape index (κ1) is 13.5. The predicted molar refractivity (Wildman–Crippen MR) is 64.2 cm³/mol. The second-order valence-electron chi connectivity index (χ2n) is 5.66. The Morgan fingerprint density at radius 2 is 2.00 bits per heavy atom. The molecule has 0 radical (unpaired) electrons. The van der Waals surface area contributed by atoms with E-state index in [0.29, 0.717) is 12.5 Å². The molecule has 1 aliphatic rings. The Kier molecular flexibility index (Phi) is 3.97. The molecule has 0 aromatic carbocycles. The number of likely N-dealkylation sites (N-methyl/N-ethyl adjacent to an activating group) is 1. The second-order valence-corrected chi connectivity index (χ2v) is 5.66. The van der Waals surface area contributed by atoms with Crippen molar-refractivity contribution in [3.8, 4) is 0 Å². The second kappa shape index (κ2) is 4.72. The molecular formula is C12H24N2O2. The third-order valence-electron chi connectivity index (χ3n) is 3.40. The molecule has 1 heterocycles. The summed E-state index contributed by atoms with van der Waals surface area (Å²) in [4.78, 5) is 16.3. The van der Waals surface area contributed by atoms with Crippen LogP contribution in [0.25, 0.3) is 0 Å². The molecule has 1 N–H and O–H groups in total. The van der Waals surface area contributed by atoms with E-state index in [1.165, 1.54) is 0 Å². The maximum absolute atomic E-state index is 12.3. The lowest BCUT2D eigenvalue weighted by atomic mass is 9.97. The highest BCUT2D eigenvalue weighted by molar-refractivity contribution is 5.83. The van der Waals surface area contributed by atoms with Gasteiger partial charge < -0.3 is 10.0 Å². The third kappa shape index (κ3) is 2.55. The standard InChI is InChI=1S/C12H24N2O2/c1-9-8-14(12(2,3)4)11(16)10(6-7-15)13(9)5/h9-10,15H,6-8H2,1-5H3. The quantitative estimate of drug-likeness (QED) is 0.756. The Hall–Kier alpha value is -0.610. The average molecular weight is 228 g/mol. The molecule has 2 atom stereocenters. The molecule has 1 aliphatic heterocycles. The van der Waals surface area contributed by atoms with Crippen molar-refractivity contribution in [2.45, 2.75) is 51.7 Å². The number of nitrogens with zero attached hydrogens (tertiary/aromatic N) is 2. The van der Waals surface area contributed by atoms with Crippen molar-refractivity contribution in [2.24, 2.45) is 0 Å². The van der Waals surface area contributed by atoms with E-state index < -0.39 is 0 Å². The van der Waals surface area contributed by atoms with Crippen molar-refractivity contribution in [1.82, 2.24) is 9.80 Å². The number of aliphatic hydroxyl groups excluding tert-OH is 1. The van der Waals surface area contributed by atoms with Crippen LogP contribution in [0.5, 0.6) is 0 Å². The number of carbonyl (C=O) groups is 1. The Balaban J connectivity index is 2.89. The number of piperazine rings is 1. The summed E-state index contributed by atoms with van der Waals surface area (Å²) < 4.78 is 0. The van der Waals surface area contributed by atoms with Crippen LogP contribution in [-0.2, 0) is 4.79 Å². The molecule has 1 saturated heterocycles. The van der Waals surface area contributed by atoms with Gasteiger partial charge in [-0.3, -0.25) is 9.69 Å². The van der Waals surface area contributed by atoms with Crippen LogP contribution in [0.1, 0.15) is 34.1 Å². The van der Waals surface area contributed by atoms with Crippen LogP contribution in [0, 0.1) is 0 Å². The molecule has 1 amide bonds. The van der Waals surface area contributed by atoms with E-state index in [0.717, 1.165) is 6.54 Å². The van der Waals surface area contributed by atoms with Crippen LogP contribution in [0.4, 0.5) is 0 Å². The summed E-state index contributed by atoms with van der Waals surface area (Å²) in [5, 5.41) is 9.03. The highest BCUT2D eigenvalue weighted by atomic mass is 16.3. The molecule has 0 aromatic rings. The molecule has 4 nitrogen and oxygen atoms in total. The Morgan fingerprint density at radius 3 is 2.44 bits per heavy atom. The first-order valence-corrected chi connectivity index (χ1v) is 5.93. The lowest BCUT2D eigenvalue weighted by molar-refractivity contribution is -0.150. The number of hydrogen-bond donors (Lipinski definition) is 1. The minimum atomic E-state index is -0.173. The zero-order valence-corrected chi connectivity index (χ0v) is 11.0. The van der Waals surface area contributed by atoms with Gasteiger partial charge in [0.05, 0.1) is 6.04 Å². The van der Waals surface area contributed by atoms with Gasteiger partial charge in [0.15, 0.2) is 0 Å². The fraction of sp³-hybridized carbons (Fsp3) is 0.917. The minimum absolute atomic E-state index is 0.0610. The zero-order chi connectivity index (χ0) is 12.5. The molecule has 94 valence electrons. The minimum Gasteiger partial charge on any atom is -0.396 e. The molecule has 0 saturated carbocycles. The van der Waals surface area contributed by atoms with Crippen LogP contribution in [0.15, 0.2) is 0 Å². The third-order valence-corrected chi connectivity index (χ3v) is 3.40. The van der Waals surface area contributed by atoms with Gasteiger partial charge in [-0.1, -0.05) is 0 Å². The van der Waals surface area contributed by atoms with Crippen molar-refractivity contribution in [3.05, 3.63) is 0 Å². The first-order chi connectivity index (χ1) is 7.29. The highest BCUT2D eigenvalue weighted by Crippen LogP contribution is 2.24. The fourth-order valence-electron chi connectivity index (χ4n) is 2.20. The van der Waals surface area contributed by atoms with Gasteiger partial charge in [0.1, 0.15) is 0 Å². The van der Waals surface area contributed by atoms with Gasteiger partial charge in [-0.2, -0.15) is 0 Å². The molecule has 16 heavy (non-hydrogen) atoms. The van der Waals surface area contributed by atoms with Crippen LogP contribution in [0.3, 0.4) is 0 Å². The lowest BCUT2D eigenvalue weighted by Gasteiger charge is -2.48. The molecule has 0 bridgehead atoms. The summed E-state index contributed by atoms with van der Waals surface area (Å²) in [6.07, 6.45) is 0.520. The van der Waals surface area contributed by atoms with Crippen LogP contribution >= 0.6 is 0 Å². The molecule has 0 spiro atoms. The van der Waals surface area contributed by atoms with E-state index in [1.54, 1.807) is 0 Å². The van der Waals surface area contributed by atoms with Gasteiger partial charge in [-0.05, 0) is 41.2 Å². The first-order valence-electron chi connectivity index (χ1n) is 5.93. The van der Waals surface area contributed by atoms with Crippen molar-refractivity contribution >= 4 is 5.91 Å². The van der Waals surface area contributed by atoms with E-state index in [-0.39, 0.29) is 24.1 Å². The van der Waals surface area contributed by atoms with Crippen LogP contribution in [-0.4, -0.2) is 58.6 Å². The Labute approximate surface area is 98.2 Å². The normalized spacial score (nSPS) is 28.6. The molecule has 1 rings (SSSR count). The molecule has 4 heteroatoms. The topological polar surface area (TPSA) is 43.8 Å². The fourth-order valence-corrected chi connectivity index (χ4v) is 2.20. The summed E-state index contributed by atoms with van der Waals surface area (Å²) in [6, 6.07) is 0.168. The molecule has 0 aromatic heterocycles. The maximum Gasteiger partial charge on any atom is 0.240 e. The molecule has 0 aliphatic carbocycles. The predicted octanol–water partition coefficient (Wildman–Crippen LogP) is 0.698. The number of carbonyl (C=O) groups excluding carboxylic acids is 1. The van der Waals surface area contributed by atoms with Crippen molar-refractivity contribution in [1.29, 1.82) is 0 Å². The zero-order valence-electron chi connectivity index (χ0n) is 11.0. The summed E-state index contributed by atoms with van der Waals surface area (Å²) in [5.41, 5.74) is -0.139. The van der Waals surface area contributed by atoms with Crippen LogP contribution in [0.2, 0.25) is 0 Å². The van der Waals surface area contributed by atoms with E-state index in [4.69, 9.17) is 5.11 Å². The summed E-state index contributed by atoms with van der Waals surface area (Å²) in [5.74, 6) is 0.141. The highest BCUT2D eigenvalue weighted by Gasteiger charge is 2.40. The number of aliphatic hydroxyl groups is 1. The molecule has 1 fully saturated rings. The SMILES string of the molecule is CC1CN(C(C)(C)C)C(=O)C(CCO)N1C. The lowest BCUT2D eigenvalue weighted by Crippen LogP contribution is -2.64. The van der Waals surface area contributed by atoms with E-state index in [9.17, 15) is 4.79 Å². The number of rotatable bonds is 2. The van der Waals surface area contributed by atoms with Gasteiger partial charge in [0.2, 0.25) is 5.91 Å². The maximum atomic E-state index is 12.3. The monoisotopic (exact) mass is 228 g/mol. The van der Waals surface area contributed by atoms with Crippen molar-refractivity contribution in [3.63, 3.8) is 0 Å². The summed E-state index contributed by atoms with van der Waals surface area (Å²) >= 11 is 0. The number of hydrogen-bond acceptors (Lipinski definition) is 3. The van der Waals surface area contributed by atoms with E-state index >= 15 is 0 Å². The van der Waals surface area contributed by atoms with Crippen LogP contribution < -0.4 is 0 Å². The number of amides is 1. The average Bonchev–Trinajstić information content (AvgIpc) is 2.16. The van der Waals surface area contributed by atoms with Crippen molar-refractivity contribution in [2.75, 3.05) is 20.2 Å². The van der Waals surface area contributed by atoms with Gasteiger partial charge >= 0.3 is 0 Å². The van der Waals surface area contributed by atoms with Gasteiger partial charge in [0.25, 0.3) is 0 Å². The largest absolute Gasteiger partial charge is 0.396 e. The molecule has 2 unspecified atom stereocenters. The Morgan fingerprint density at radius 1 is 1.44 bits per heavy atom.